The normalized spacial score (nSPS) is 24.9. The number of aliphatic hydroxyl groups excluding tert-OH is 1. The second kappa shape index (κ2) is 14.9. The second-order valence-electron chi connectivity index (χ2n) is 15.1. The Labute approximate surface area is 338 Å². The fourth-order valence-corrected chi connectivity index (χ4v) is 9.71. The maximum absolute atomic E-state index is 15.3. The largest absolute Gasteiger partial charge is 0.491 e. The number of imide groups is 2. The molecule has 12 heteroatoms. The number of amides is 4. The number of para-hydroxylation sites is 1. The number of hydrogen-bond donors (Lipinski definition) is 3. The summed E-state index contributed by atoms with van der Waals surface area (Å²) in [5.41, 5.74) is 6.00. The van der Waals surface area contributed by atoms with Gasteiger partial charge in [-0.15, -0.1) is 0 Å². The first-order chi connectivity index (χ1) is 28.2. The van der Waals surface area contributed by atoms with Gasteiger partial charge < -0.3 is 15.2 Å². The van der Waals surface area contributed by atoms with Gasteiger partial charge >= 0.3 is 0 Å². The number of carbonyl (C=O) groups is 4. The zero-order chi connectivity index (χ0) is 40.1. The standard InChI is InChI=1S/C46H38ClFN4O6/c47-29-10-8-28(9-11-29)46-39(43(55)52(45(46)57)50-33-14-12-30(48)13-15-33)26-38-36(41(46)27-6-20-35(21-7-27)58-25-24-53)22-23-37-40(38)44(56)51(42(37)54)34-18-16-32(17-19-34)49-31-4-2-1-3-5-31/h1-22,37-41,49-50,53H,23-26H2. The molecule has 0 spiro atoms. The van der Waals surface area contributed by atoms with Crippen LogP contribution in [0.3, 0.4) is 0 Å². The third-order valence-corrected chi connectivity index (χ3v) is 12.3. The van der Waals surface area contributed by atoms with E-state index in [2.05, 4.69) is 10.7 Å². The highest BCUT2D eigenvalue weighted by Gasteiger charge is 2.70. The van der Waals surface area contributed by atoms with Crippen molar-refractivity contribution in [2.45, 2.75) is 24.2 Å². The van der Waals surface area contributed by atoms with E-state index in [4.69, 9.17) is 16.3 Å². The molecule has 3 N–H and O–H groups in total. The number of benzene rings is 5. The van der Waals surface area contributed by atoms with Crippen molar-refractivity contribution in [2.75, 3.05) is 28.9 Å². The van der Waals surface area contributed by atoms with Crippen molar-refractivity contribution < 1.29 is 33.4 Å². The third kappa shape index (κ3) is 6.13. The molecule has 2 aliphatic heterocycles. The van der Waals surface area contributed by atoms with E-state index in [1.54, 1.807) is 48.5 Å². The Kier molecular flexibility index (Phi) is 9.57. The average Bonchev–Trinajstić information content (AvgIpc) is 3.62. The molecule has 1 saturated carbocycles. The quantitative estimate of drug-likeness (QED) is 0.0967. The van der Waals surface area contributed by atoms with E-state index in [1.165, 1.54) is 29.2 Å². The zero-order valence-electron chi connectivity index (χ0n) is 31.1. The smallest absolute Gasteiger partial charge is 0.260 e. The van der Waals surface area contributed by atoms with Crippen LogP contribution in [0.15, 0.2) is 139 Å². The van der Waals surface area contributed by atoms with E-state index >= 15 is 4.79 Å². The molecule has 5 aromatic carbocycles. The van der Waals surface area contributed by atoms with Crippen LogP contribution in [0.25, 0.3) is 0 Å². The molecule has 4 amide bonds. The lowest BCUT2D eigenvalue weighted by atomic mass is 9.49. The van der Waals surface area contributed by atoms with Crippen LogP contribution in [-0.2, 0) is 24.6 Å². The predicted molar refractivity (Wildman–Crippen MR) is 217 cm³/mol. The number of hydrogen-bond acceptors (Lipinski definition) is 8. The van der Waals surface area contributed by atoms with E-state index < -0.39 is 52.6 Å². The Morgan fingerprint density at radius 2 is 1.43 bits per heavy atom. The van der Waals surface area contributed by atoms with Crippen LogP contribution in [0.4, 0.5) is 27.1 Å². The molecule has 0 bridgehead atoms. The summed E-state index contributed by atoms with van der Waals surface area (Å²) in [6, 6.07) is 36.3. The molecular formula is C46H38ClFN4O6. The monoisotopic (exact) mass is 796 g/mol. The molecule has 2 aliphatic carbocycles. The summed E-state index contributed by atoms with van der Waals surface area (Å²) in [7, 11) is 0. The summed E-state index contributed by atoms with van der Waals surface area (Å²) in [4.78, 5) is 60.5. The summed E-state index contributed by atoms with van der Waals surface area (Å²) in [5.74, 6) is -5.40. The topological polar surface area (TPSA) is 128 Å². The predicted octanol–water partition coefficient (Wildman–Crippen LogP) is 7.78. The molecule has 58 heavy (non-hydrogen) atoms. The van der Waals surface area contributed by atoms with Crippen molar-refractivity contribution in [1.29, 1.82) is 0 Å². The molecular weight excluding hydrogens is 759 g/mol. The van der Waals surface area contributed by atoms with Gasteiger partial charge in [0.25, 0.3) is 11.8 Å². The molecule has 6 atom stereocenters. The number of hydrazine groups is 1. The molecule has 0 radical (unpaired) electrons. The van der Waals surface area contributed by atoms with Crippen LogP contribution in [0, 0.1) is 29.5 Å². The van der Waals surface area contributed by atoms with Gasteiger partial charge in [-0.05, 0) is 115 Å². The molecule has 0 aromatic heterocycles. The molecule has 2 saturated heterocycles. The Bertz CT molecular complexity index is 2430. The minimum atomic E-state index is -1.51. The Morgan fingerprint density at radius 1 is 0.759 bits per heavy atom. The first-order valence-corrected chi connectivity index (χ1v) is 19.6. The first kappa shape index (κ1) is 37.3. The fourth-order valence-electron chi connectivity index (χ4n) is 9.59. The van der Waals surface area contributed by atoms with Crippen LogP contribution < -0.4 is 20.4 Å². The van der Waals surface area contributed by atoms with Crippen molar-refractivity contribution in [3.05, 3.63) is 161 Å². The minimum Gasteiger partial charge on any atom is -0.491 e. The second-order valence-corrected chi connectivity index (χ2v) is 15.5. The van der Waals surface area contributed by atoms with Crippen molar-refractivity contribution in [3.8, 4) is 5.75 Å². The lowest BCUT2D eigenvalue weighted by molar-refractivity contribution is -0.138. The zero-order valence-corrected chi connectivity index (χ0v) is 31.8. The average molecular weight is 797 g/mol. The molecule has 3 fully saturated rings. The molecule has 2 heterocycles. The summed E-state index contributed by atoms with van der Waals surface area (Å²) in [6.07, 6.45) is 2.37. The molecule has 10 nitrogen and oxygen atoms in total. The Hall–Kier alpha value is -6.30. The minimum absolute atomic E-state index is 0.0891. The van der Waals surface area contributed by atoms with E-state index in [-0.39, 0.29) is 37.9 Å². The highest BCUT2D eigenvalue weighted by Crippen LogP contribution is 2.64. The van der Waals surface area contributed by atoms with Gasteiger partial charge in [0.05, 0.1) is 41.2 Å². The number of nitrogens with zero attached hydrogens (tertiary/aromatic N) is 2. The SMILES string of the molecule is O=C1C2CC3C(=CCC4C(=O)N(c5ccc(Nc6ccccc6)cc5)C(=O)C43)C(c3ccc(OCCO)cc3)C2(c2ccc(Cl)cc2)C(=O)N1Nc1ccc(F)cc1. The van der Waals surface area contributed by atoms with Crippen molar-refractivity contribution >= 4 is 58.0 Å². The van der Waals surface area contributed by atoms with Crippen LogP contribution in [0.2, 0.25) is 5.02 Å². The van der Waals surface area contributed by atoms with Gasteiger partial charge in [0, 0.05) is 22.3 Å². The summed E-state index contributed by atoms with van der Waals surface area (Å²) in [5, 5.41) is 14.2. The van der Waals surface area contributed by atoms with Gasteiger partial charge in [-0.3, -0.25) is 29.5 Å². The van der Waals surface area contributed by atoms with E-state index in [0.717, 1.165) is 22.0 Å². The van der Waals surface area contributed by atoms with Crippen molar-refractivity contribution in [1.82, 2.24) is 5.01 Å². The van der Waals surface area contributed by atoms with Gasteiger partial charge in [-0.2, -0.15) is 5.01 Å². The molecule has 292 valence electrons. The lowest BCUT2D eigenvalue weighted by Crippen LogP contribution is -2.53. The number of halogens is 2. The van der Waals surface area contributed by atoms with E-state index in [1.807, 2.05) is 60.7 Å². The molecule has 4 aliphatic rings. The molecule has 6 unspecified atom stereocenters. The number of aliphatic hydroxyl groups is 1. The van der Waals surface area contributed by atoms with Gasteiger partial charge in [-0.1, -0.05) is 65.7 Å². The van der Waals surface area contributed by atoms with Gasteiger partial charge in [-0.25, -0.2) is 4.39 Å². The first-order valence-electron chi connectivity index (χ1n) is 19.2. The van der Waals surface area contributed by atoms with Crippen LogP contribution in [0.1, 0.15) is 29.9 Å². The summed E-state index contributed by atoms with van der Waals surface area (Å²) >= 11 is 6.40. The van der Waals surface area contributed by atoms with Gasteiger partial charge in [0.15, 0.2) is 0 Å². The van der Waals surface area contributed by atoms with Crippen LogP contribution in [0.5, 0.6) is 5.75 Å². The van der Waals surface area contributed by atoms with Gasteiger partial charge in [0.2, 0.25) is 11.8 Å². The van der Waals surface area contributed by atoms with Crippen LogP contribution >= 0.6 is 11.6 Å². The number of fused-ring (bicyclic) bond motifs is 4. The summed E-state index contributed by atoms with van der Waals surface area (Å²) in [6.45, 7) is -0.0827. The number of carbonyl (C=O) groups excluding carboxylic acids is 4. The highest BCUT2D eigenvalue weighted by atomic mass is 35.5. The molecule has 9 rings (SSSR count). The number of ether oxygens (including phenoxy) is 1. The van der Waals surface area contributed by atoms with Gasteiger partial charge in [0.1, 0.15) is 18.2 Å². The fraction of sp³-hybridized carbons (Fsp3) is 0.217. The van der Waals surface area contributed by atoms with E-state index in [0.29, 0.717) is 33.3 Å². The number of rotatable bonds is 10. The Balaban J connectivity index is 1.14. The van der Waals surface area contributed by atoms with Crippen LogP contribution in [-0.4, -0.2) is 47.0 Å². The van der Waals surface area contributed by atoms with E-state index in [9.17, 15) is 23.9 Å². The maximum atomic E-state index is 15.3. The Morgan fingerprint density at radius 3 is 2.12 bits per heavy atom. The number of nitrogens with one attached hydrogen (secondary N) is 2. The van der Waals surface area contributed by atoms with Crippen molar-refractivity contribution in [3.63, 3.8) is 0 Å². The number of allylic oxidation sites excluding steroid dienone is 2. The molecule has 5 aromatic rings. The maximum Gasteiger partial charge on any atom is 0.260 e. The van der Waals surface area contributed by atoms with Crippen molar-refractivity contribution in [2.24, 2.45) is 23.7 Å². The summed E-state index contributed by atoms with van der Waals surface area (Å²) < 4.78 is 19.6. The lowest BCUT2D eigenvalue weighted by Gasteiger charge is -2.50. The number of anilines is 4. The third-order valence-electron chi connectivity index (χ3n) is 12.0. The highest BCUT2D eigenvalue weighted by molar-refractivity contribution is 6.30.